The smallest absolute Gasteiger partial charge is 0.407 e. The van der Waals surface area contributed by atoms with Crippen LogP contribution in [0.2, 0.25) is 0 Å². The summed E-state index contributed by atoms with van der Waals surface area (Å²) in [5.74, 6) is 0.0405. The molecule has 0 unspecified atom stereocenters. The van der Waals surface area contributed by atoms with E-state index in [2.05, 4.69) is 29.6 Å². The highest BCUT2D eigenvalue weighted by molar-refractivity contribution is 5.79. The second kappa shape index (κ2) is 7.20. The van der Waals surface area contributed by atoms with Crippen LogP contribution in [0.4, 0.5) is 4.79 Å². The average Bonchev–Trinajstić information content (AvgIpc) is 3.23. The Morgan fingerprint density at radius 1 is 1.04 bits per heavy atom. The van der Waals surface area contributed by atoms with Crippen molar-refractivity contribution in [3.05, 3.63) is 59.7 Å². The SMILES string of the molecule is O=CO[C@H]1CCC[C@@H]1NC(=O)OCC1c2ccccc2-c2ccccc21. The molecule has 5 nitrogen and oxygen atoms in total. The van der Waals surface area contributed by atoms with Gasteiger partial charge in [-0.2, -0.15) is 0 Å². The number of fused-ring (bicyclic) bond motifs is 3. The maximum absolute atomic E-state index is 12.3. The van der Waals surface area contributed by atoms with E-state index in [4.69, 9.17) is 9.47 Å². The van der Waals surface area contributed by atoms with Crippen molar-refractivity contribution < 1.29 is 19.1 Å². The van der Waals surface area contributed by atoms with Crippen molar-refractivity contribution in [2.24, 2.45) is 0 Å². The number of carbonyl (C=O) groups excluding carboxylic acids is 2. The molecule has 1 amide bonds. The highest BCUT2D eigenvalue weighted by Crippen LogP contribution is 2.44. The first-order valence-electron chi connectivity index (χ1n) is 8.98. The van der Waals surface area contributed by atoms with Crippen LogP contribution in [0.1, 0.15) is 36.3 Å². The fourth-order valence-electron chi connectivity index (χ4n) is 4.12. The summed E-state index contributed by atoms with van der Waals surface area (Å²) >= 11 is 0. The van der Waals surface area contributed by atoms with E-state index in [-0.39, 0.29) is 24.7 Å². The second-order valence-electron chi connectivity index (χ2n) is 6.78. The largest absolute Gasteiger partial charge is 0.462 e. The van der Waals surface area contributed by atoms with Gasteiger partial charge in [-0.3, -0.25) is 4.79 Å². The quantitative estimate of drug-likeness (QED) is 0.836. The van der Waals surface area contributed by atoms with Gasteiger partial charge in [-0.05, 0) is 41.5 Å². The van der Waals surface area contributed by atoms with E-state index in [1.165, 1.54) is 22.3 Å². The van der Waals surface area contributed by atoms with Gasteiger partial charge in [0, 0.05) is 5.92 Å². The van der Waals surface area contributed by atoms with E-state index in [1.54, 1.807) is 0 Å². The van der Waals surface area contributed by atoms with Gasteiger partial charge >= 0.3 is 6.09 Å². The van der Waals surface area contributed by atoms with Crippen molar-refractivity contribution in [2.75, 3.05) is 6.61 Å². The molecule has 0 saturated heterocycles. The van der Waals surface area contributed by atoms with Gasteiger partial charge in [-0.25, -0.2) is 4.79 Å². The van der Waals surface area contributed by atoms with E-state index in [9.17, 15) is 9.59 Å². The number of alkyl carbamates (subject to hydrolysis) is 1. The number of ether oxygens (including phenoxy) is 2. The molecule has 2 aliphatic carbocycles. The molecule has 4 rings (SSSR count). The Morgan fingerprint density at radius 2 is 1.69 bits per heavy atom. The lowest BCUT2D eigenvalue weighted by atomic mass is 9.98. The molecule has 2 atom stereocenters. The highest BCUT2D eigenvalue weighted by atomic mass is 16.6. The Hall–Kier alpha value is -2.82. The molecule has 1 fully saturated rings. The minimum atomic E-state index is -0.460. The number of amides is 1. The summed E-state index contributed by atoms with van der Waals surface area (Å²) in [4.78, 5) is 22.8. The van der Waals surface area contributed by atoms with Gasteiger partial charge < -0.3 is 14.8 Å². The normalized spacial score (nSPS) is 20.9. The Kier molecular flexibility index (Phi) is 4.61. The third kappa shape index (κ3) is 3.05. The first kappa shape index (κ1) is 16.6. The van der Waals surface area contributed by atoms with Crippen LogP contribution >= 0.6 is 0 Å². The molecule has 0 heterocycles. The number of carbonyl (C=O) groups is 2. The van der Waals surface area contributed by atoms with Crippen molar-refractivity contribution in [3.8, 4) is 11.1 Å². The molecule has 0 bridgehead atoms. The number of hydrogen-bond donors (Lipinski definition) is 1. The molecule has 2 aromatic carbocycles. The van der Waals surface area contributed by atoms with E-state index in [1.807, 2.05) is 24.3 Å². The average molecular weight is 351 g/mol. The molecule has 1 saturated carbocycles. The van der Waals surface area contributed by atoms with Gasteiger partial charge in [0.15, 0.2) is 0 Å². The molecule has 134 valence electrons. The first-order valence-corrected chi connectivity index (χ1v) is 8.98. The zero-order valence-corrected chi connectivity index (χ0v) is 14.4. The number of hydrogen-bond acceptors (Lipinski definition) is 4. The number of benzene rings is 2. The summed E-state index contributed by atoms with van der Waals surface area (Å²) in [6.45, 7) is 0.730. The summed E-state index contributed by atoms with van der Waals surface area (Å²) in [7, 11) is 0. The molecule has 2 aromatic rings. The molecule has 5 heteroatoms. The van der Waals surface area contributed by atoms with Gasteiger partial charge in [-0.15, -0.1) is 0 Å². The summed E-state index contributed by atoms with van der Waals surface area (Å²) in [6.07, 6.45) is 1.77. The van der Waals surface area contributed by atoms with Crippen LogP contribution in [-0.4, -0.2) is 31.3 Å². The van der Waals surface area contributed by atoms with Gasteiger partial charge in [0.25, 0.3) is 6.47 Å². The standard InChI is InChI=1S/C21H21NO4/c23-13-26-20-11-5-10-19(20)22-21(24)25-12-18-16-8-3-1-6-14(16)15-7-2-4-9-17(15)18/h1-4,6-9,13,18-20H,5,10-12H2,(H,22,24)/t19-,20-/m0/s1. The van der Waals surface area contributed by atoms with Crippen LogP contribution in [0.5, 0.6) is 0 Å². The lowest BCUT2D eigenvalue weighted by Gasteiger charge is -2.20. The minimum absolute atomic E-state index is 0.0405. The first-order chi connectivity index (χ1) is 12.8. The Bertz CT molecular complexity index is 774. The van der Waals surface area contributed by atoms with Gasteiger partial charge in [0.1, 0.15) is 12.7 Å². The van der Waals surface area contributed by atoms with Gasteiger partial charge in [-0.1, -0.05) is 48.5 Å². The molecule has 1 N–H and O–H groups in total. The molecule has 0 aliphatic heterocycles. The summed E-state index contributed by atoms with van der Waals surface area (Å²) < 4.78 is 10.6. The predicted molar refractivity (Wildman–Crippen MR) is 96.8 cm³/mol. The van der Waals surface area contributed by atoms with Crippen molar-refractivity contribution >= 4 is 12.6 Å². The van der Waals surface area contributed by atoms with E-state index >= 15 is 0 Å². The third-order valence-electron chi connectivity index (χ3n) is 5.33. The van der Waals surface area contributed by atoms with Crippen molar-refractivity contribution in [2.45, 2.75) is 37.3 Å². The molecular weight excluding hydrogens is 330 g/mol. The highest BCUT2D eigenvalue weighted by Gasteiger charge is 2.32. The third-order valence-corrected chi connectivity index (χ3v) is 5.33. The van der Waals surface area contributed by atoms with Crippen LogP contribution in [0.3, 0.4) is 0 Å². The van der Waals surface area contributed by atoms with E-state index < -0.39 is 6.09 Å². The van der Waals surface area contributed by atoms with Crippen molar-refractivity contribution in [3.63, 3.8) is 0 Å². The van der Waals surface area contributed by atoms with Gasteiger partial charge in [0.2, 0.25) is 0 Å². The summed E-state index contributed by atoms with van der Waals surface area (Å²) in [6, 6.07) is 16.3. The minimum Gasteiger partial charge on any atom is -0.462 e. The fraction of sp³-hybridized carbons (Fsp3) is 0.333. The van der Waals surface area contributed by atoms with Crippen LogP contribution in [0, 0.1) is 0 Å². The lowest BCUT2D eigenvalue weighted by molar-refractivity contribution is -0.134. The second-order valence-corrected chi connectivity index (χ2v) is 6.78. The zero-order valence-electron chi connectivity index (χ0n) is 14.4. The Labute approximate surface area is 152 Å². The molecule has 0 aromatic heterocycles. The monoisotopic (exact) mass is 351 g/mol. The molecular formula is C21H21NO4. The number of rotatable bonds is 5. The summed E-state index contributed by atoms with van der Waals surface area (Å²) in [5.41, 5.74) is 4.77. The van der Waals surface area contributed by atoms with Gasteiger partial charge in [0.05, 0.1) is 6.04 Å². The lowest BCUT2D eigenvalue weighted by Crippen LogP contribution is -2.41. The topological polar surface area (TPSA) is 64.6 Å². The fourth-order valence-corrected chi connectivity index (χ4v) is 4.12. The molecule has 0 spiro atoms. The Morgan fingerprint density at radius 3 is 2.35 bits per heavy atom. The maximum atomic E-state index is 12.3. The van der Waals surface area contributed by atoms with Crippen LogP contribution in [0.15, 0.2) is 48.5 Å². The van der Waals surface area contributed by atoms with Crippen molar-refractivity contribution in [1.29, 1.82) is 0 Å². The molecule has 2 aliphatic rings. The maximum Gasteiger partial charge on any atom is 0.407 e. The molecule has 26 heavy (non-hydrogen) atoms. The van der Waals surface area contributed by atoms with Crippen LogP contribution < -0.4 is 5.32 Å². The summed E-state index contributed by atoms with van der Waals surface area (Å²) in [5, 5.41) is 2.84. The van der Waals surface area contributed by atoms with E-state index in [0.717, 1.165) is 19.3 Å². The molecule has 0 radical (unpaired) electrons. The van der Waals surface area contributed by atoms with Crippen molar-refractivity contribution in [1.82, 2.24) is 5.32 Å². The van der Waals surface area contributed by atoms with Crippen LogP contribution in [-0.2, 0) is 14.3 Å². The number of nitrogens with one attached hydrogen (secondary N) is 1. The van der Waals surface area contributed by atoms with E-state index in [0.29, 0.717) is 6.47 Å². The van der Waals surface area contributed by atoms with Crippen LogP contribution in [0.25, 0.3) is 11.1 Å². The predicted octanol–water partition coefficient (Wildman–Crippen LogP) is 3.62. The Balaban J connectivity index is 1.43. The zero-order chi connectivity index (χ0) is 17.9.